The van der Waals surface area contributed by atoms with E-state index in [2.05, 4.69) is 12.2 Å². The summed E-state index contributed by atoms with van der Waals surface area (Å²) in [4.78, 5) is 0. The summed E-state index contributed by atoms with van der Waals surface area (Å²) in [5, 5.41) is 13.5. The van der Waals surface area contributed by atoms with Gasteiger partial charge in [0.05, 0.1) is 6.10 Å². The maximum Gasteiger partial charge on any atom is 0.231 e. The predicted octanol–water partition coefficient (Wildman–Crippen LogP) is 1.84. The molecule has 2 aliphatic rings. The fourth-order valence-corrected chi connectivity index (χ4v) is 2.59. The number of hydrogen-bond acceptors (Lipinski definition) is 4. The van der Waals surface area contributed by atoms with Gasteiger partial charge >= 0.3 is 0 Å². The highest BCUT2D eigenvalue weighted by Gasteiger charge is 2.25. The molecule has 1 aromatic carbocycles. The molecule has 98 valence electrons. The van der Waals surface area contributed by atoms with Crippen molar-refractivity contribution in [1.29, 1.82) is 0 Å². The van der Waals surface area contributed by atoms with Gasteiger partial charge in [0, 0.05) is 12.6 Å². The molecule has 0 bridgehead atoms. The topological polar surface area (TPSA) is 50.7 Å². The van der Waals surface area contributed by atoms with Gasteiger partial charge < -0.3 is 19.9 Å². The lowest BCUT2D eigenvalue weighted by Gasteiger charge is -2.34. The van der Waals surface area contributed by atoms with E-state index >= 15 is 0 Å². The monoisotopic (exact) mass is 249 g/mol. The van der Waals surface area contributed by atoms with Crippen molar-refractivity contribution in [3.05, 3.63) is 23.8 Å². The third-order valence-corrected chi connectivity index (χ3v) is 3.76. The Balaban J connectivity index is 1.57. The Bertz CT molecular complexity index is 429. The Hall–Kier alpha value is -1.26. The van der Waals surface area contributed by atoms with Crippen LogP contribution >= 0.6 is 0 Å². The summed E-state index contributed by atoms with van der Waals surface area (Å²) in [6.45, 7) is 3.12. The molecule has 3 rings (SSSR count). The fourth-order valence-electron chi connectivity index (χ4n) is 2.59. The van der Waals surface area contributed by atoms with E-state index < -0.39 is 6.10 Å². The van der Waals surface area contributed by atoms with Crippen LogP contribution in [-0.2, 0) is 0 Å². The Morgan fingerprint density at radius 3 is 2.89 bits per heavy atom. The van der Waals surface area contributed by atoms with Crippen LogP contribution in [0.15, 0.2) is 18.2 Å². The zero-order chi connectivity index (χ0) is 12.5. The van der Waals surface area contributed by atoms with Gasteiger partial charge in [-0.05, 0) is 36.5 Å². The minimum absolute atomic E-state index is 0.271. The molecular formula is C14H19NO3. The van der Waals surface area contributed by atoms with E-state index in [-0.39, 0.29) is 6.79 Å². The van der Waals surface area contributed by atoms with Gasteiger partial charge in [-0.25, -0.2) is 0 Å². The molecule has 0 saturated heterocycles. The van der Waals surface area contributed by atoms with Crippen molar-refractivity contribution >= 4 is 0 Å². The van der Waals surface area contributed by atoms with Gasteiger partial charge in [0.1, 0.15) is 0 Å². The van der Waals surface area contributed by atoms with E-state index in [9.17, 15) is 5.11 Å². The number of rotatable bonds is 4. The SMILES string of the molecule is CC1CC(NCC(O)c2ccc3c(c2)OCO3)C1. The first-order chi connectivity index (χ1) is 8.72. The quantitative estimate of drug-likeness (QED) is 0.855. The van der Waals surface area contributed by atoms with Crippen LogP contribution in [0.4, 0.5) is 0 Å². The Morgan fingerprint density at radius 2 is 2.11 bits per heavy atom. The second-order valence-corrected chi connectivity index (χ2v) is 5.31. The number of hydrogen-bond donors (Lipinski definition) is 2. The van der Waals surface area contributed by atoms with Gasteiger partial charge in [-0.2, -0.15) is 0 Å². The molecule has 1 unspecified atom stereocenters. The molecule has 4 heteroatoms. The normalized spacial score (nSPS) is 26.8. The zero-order valence-electron chi connectivity index (χ0n) is 10.6. The summed E-state index contributed by atoms with van der Waals surface area (Å²) in [5.74, 6) is 2.31. The zero-order valence-corrected chi connectivity index (χ0v) is 10.6. The number of benzene rings is 1. The third kappa shape index (κ3) is 2.31. The van der Waals surface area contributed by atoms with Crippen LogP contribution in [-0.4, -0.2) is 24.5 Å². The average Bonchev–Trinajstić information content (AvgIpc) is 2.79. The third-order valence-electron chi connectivity index (χ3n) is 3.76. The first kappa shape index (κ1) is 11.8. The highest BCUT2D eigenvalue weighted by molar-refractivity contribution is 5.45. The predicted molar refractivity (Wildman–Crippen MR) is 67.7 cm³/mol. The summed E-state index contributed by atoms with van der Waals surface area (Å²) in [5.41, 5.74) is 0.874. The van der Waals surface area contributed by atoms with E-state index in [1.165, 1.54) is 12.8 Å². The van der Waals surface area contributed by atoms with Gasteiger partial charge in [-0.15, -0.1) is 0 Å². The molecule has 4 nitrogen and oxygen atoms in total. The van der Waals surface area contributed by atoms with Crippen molar-refractivity contribution < 1.29 is 14.6 Å². The molecule has 0 radical (unpaired) electrons. The first-order valence-corrected chi connectivity index (χ1v) is 6.53. The van der Waals surface area contributed by atoms with Crippen LogP contribution in [0, 0.1) is 5.92 Å². The minimum Gasteiger partial charge on any atom is -0.454 e. The van der Waals surface area contributed by atoms with Crippen molar-refractivity contribution in [2.24, 2.45) is 5.92 Å². The Morgan fingerprint density at radius 1 is 1.33 bits per heavy atom. The molecule has 0 aromatic heterocycles. The lowest BCUT2D eigenvalue weighted by molar-refractivity contribution is 0.149. The molecule has 1 fully saturated rings. The van der Waals surface area contributed by atoms with Gasteiger partial charge in [0.25, 0.3) is 0 Å². The molecule has 1 heterocycles. The largest absolute Gasteiger partial charge is 0.454 e. The molecule has 1 saturated carbocycles. The van der Waals surface area contributed by atoms with Gasteiger partial charge in [0.15, 0.2) is 11.5 Å². The van der Waals surface area contributed by atoms with E-state index in [4.69, 9.17) is 9.47 Å². The highest BCUT2D eigenvalue weighted by Crippen LogP contribution is 2.34. The first-order valence-electron chi connectivity index (χ1n) is 6.53. The van der Waals surface area contributed by atoms with E-state index in [1.54, 1.807) is 0 Å². The summed E-state index contributed by atoms with van der Waals surface area (Å²) in [7, 11) is 0. The molecule has 18 heavy (non-hydrogen) atoms. The average molecular weight is 249 g/mol. The number of ether oxygens (including phenoxy) is 2. The molecular weight excluding hydrogens is 230 g/mol. The summed E-state index contributed by atoms with van der Waals surface area (Å²) >= 11 is 0. The van der Waals surface area contributed by atoms with Crippen molar-refractivity contribution in [2.75, 3.05) is 13.3 Å². The lowest BCUT2D eigenvalue weighted by atomic mass is 9.82. The Kier molecular flexibility index (Phi) is 3.14. The van der Waals surface area contributed by atoms with E-state index in [1.807, 2.05) is 18.2 Å². The number of aliphatic hydroxyl groups is 1. The van der Waals surface area contributed by atoms with Gasteiger partial charge in [0.2, 0.25) is 6.79 Å². The van der Waals surface area contributed by atoms with E-state index in [0.717, 1.165) is 23.0 Å². The number of nitrogens with one attached hydrogen (secondary N) is 1. The van der Waals surface area contributed by atoms with Crippen LogP contribution in [0.2, 0.25) is 0 Å². The van der Waals surface area contributed by atoms with Gasteiger partial charge in [-0.3, -0.25) is 0 Å². The van der Waals surface area contributed by atoms with Crippen LogP contribution in [0.5, 0.6) is 11.5 Å². The van der Waals surface area contributed by atoms with Crippen molar-refractivity contribution in [1.82, 2.24) is 5.32 Å². The maximum absolute atomic E-state index is 10.1. The number of fused-ring (bicyclic) bond motifs is 1. The Labute approximate surface area is 107 Å². The van der Waals surface area contributed by atoms with Crippen LogP contribution in [0.25, 0.3) is 0 Å². The minimum atomic E-state index is -0.490. The second-order valence-electron chi connectivity index (χ2n) is 5.31. The highest BCUT2D eigenvalue weighted by atomic mass is 16.7. The van der Waals surface area contributed by atoms with Crippen molar-refractivity contribution in [3.63, 3.8) is 0 Å². The van der Waals surface area contributed by atoms with Crippen LogP contribution < -0.4 is 14.8 Å². The summed E-state index contributed by atoms with van der Waals surface area (Å²) in [6, 6.07) is 6.18. The second kappa shape index (κ2) is 4.78. The van der Waals surface area contributed by atoms with Crippen molar-refractivity contribution in [3.8, 4) is 11.5 Å². The van der Waals surface area contributed by atoms with Crippen LogP contribution in [0.3, 0.4) is 0 Å². The molecule has 0 amide bonds. The fraction of sp³-hybridized carbons (Fsp3) is 0.571. The molecule has 1 aliphatic carbocycles. The molecule has 2 N–H and O–H groups in total. The lowest BCUT2D eigenvalue weighted by Crippen LogP contribution is -2.41. The molecule has 1 atom stereocenters. The van der Waals surface area contributed by atoms with Crippen LogP contribution in [0.1, 0.15) is 31.4 Å². The molecule has 0 spiro atoms. The van der Waals surface area contributed by atoms with Crippen molar-refractivity contribution in [2.45, 2.75) is 31.9 Å². The van der Waals surface area contributed by atoms with E-state index in [0.29, 0.717) is 12.6 Å². The standard InChI is InChI=1S/C14H19NO3/c1-9-4-11(5-9)15-7-12(16)10-2-3-13-14(6-10)18-8-17-13/h2-3,6,9,11-12,15-16H,4-5,7-8H2,1H3. The molecule has 1 aliphatic heterocycles. The smallest absolute Gasteiger partial charge is 0.231 e. The maximum atomic E-state index is 10.1. The molecule has 1 aromatic rings. The van der Waals surface area contributed by atoms with Gasteiger partial charge in [-0.1, -0.05) is 13.0 Å². The number of aliphatic hydroxyl groups excluding tert-OH is 1. The summed E-state index contributed by atoms with van der Waals surface area (Å²) in [6.07, 6.45) is 1.94. The summed E-state index contributed by atoms with van der Waals surface area (Å²) < 4.78 is 10.6.